The van der Waals surface area contributed by atoms with Gasteiger partial charge in [-0.3, -0.25) is 9.69 Å². The van der Waals surface area contributed by atoms with Crippen molar-refractivity contribution in [2.24, 2.45) is 0 Å². The minimum absolute atomic E-state index is 0.110. The van der Waals surface area contributed by atoms with Crippen molar-refractivity contribution in [2.45, 2.75) is 38.8 Å². The van der Waals surface area contributed by atoms with Gasteiger partial charge in [0.05, 0.1) is 12.2 Å². The van der Waals surface area contributed by atoms with E-state index in [2.05, 4.69) is 11.0 Å². The highest BCUT2D eigenvalue weighted by Gasteiger charge is 2.25. The number of ether oxygens (including phenoxy) is 1. The van der Waals surface area contributed by atoms with Crippen molar-refractivity contribution in [3.8, 4) is 11.8 Å². The first-order valence-corrected chi connectivity index (χ1v) is 7.02. The van der Waals surface area contributed by atoms with Crippen LogP contribution in [0.2, 0.25) is 0 Å². The van der Waals surface area contributed by atoms with E-state index in [-0.39, 0.29) is 17.9 Å². The van der Waals surface area contributed by atoms with Gasteiger partial charge in [0.15, 0.2) is 0 Å². The lowest BCUT2D eigenvalue weighted by molar-refractivity contribution is -0.121. The number of hydrogen-bond donors (Lipinski definition) is 0. The molecule has 1 aromatic rings. The normalized spacial score (nSPS) is 17.8. The number of nitrogens with zero attached hydrogens (tertiary/aromatic N) is 2. The molecule has 0 bridgehead atoms. The largest absolute Gasteiger partial charge is 0.491 e. The zero-order valence-corrected chi connectivity index (χ0v) is 12.0. The van der Waals surface area contributed by atoms with Crippen LogP contribution in [0.1, 0.15) is 38.3 Å². The highest BCUT2D eigenvalue weighted by atomic mass is 16.5. The fourth-order valence-electron chi connectivity index (χ4n) is 2.43. The number of likely N-dealkylation sites (tertiary alicyclic amines) is 1. The molecule has 4 heteroatoms. The van der Waals surface area contributed by atoms with E-state index in [1.54, 1.807) is 0 Å². The molecule has 1 atom stereocenters. The molecular weight excluding hydrogens is 252 g/mol. The molecule has 20 heavy (non-hydrogen) atoms. The van der Waals surface area contributed by atoms with Gasteiger partial charge in [0.2, 0.25) is 0 Å². The van der Waals surface area contributed by atoms with Gasteiger partial charge in [0.25, 0.3) is 0 Å². The van der Waals surface area contributed by atoms with Gasteiger partial charge in [-0.2, -0.15) is 5.26 Å². The predicted octanol–water partition coefficient (Wildman–Crippen LogP) is 2.70. The molecule has 0 amide bonds. The average molecular weight is 272 g/mol. The number of ketones is 1. The zero-order valence-electron chi connectivity index (χ0n) is 12.0. The summed E-state index contributed by atoms with van der Waals surface area (Å²) in [6, 6.07) is 9.71. The number of benzene rings is 1. The van der Waals surface area contributed by atoms with Crippen LogP contribution >= 0.6 is 0 Å². The molecule has 1 unspecified atom stereocenters. The predicted molar refractivity (Wildman–Crippen MR) is 76.4 cm³/mol. The summed E-state index contributed by atoms with van der Waals surface area (Å²) in [4.78, 5) is 13.4. The third-order valence-electron chi connectivity index (χ3n) is 3.39. The third-order valence-corrected chi connectivity index (χ3v) is 3.39. The van der Waals surface area contributed by atoms with Gasteiger partial charge >= 0.3 is 0 Å². The number of nitriles is 1. The fraction of sp³-hybridized carbons (Fsp3) is 0.500. The quantitative estimate of drug-likeness (QED) is 0.845. The Labute approximate surface area is 120 Å². The lowest BCUT2D eigenvalue weighted by Gasteiger charge is -2.30. The van der Waals surface area contributed by atoms with E-state index in [9.17, 15) is 10.1 Å². The summed E-state index contributed by atoms with van der Waals surface area (Å²) in [6.45, 7) is 5.27. The molecule has 0 saturated carbocycles. The number of piperidine rings is 1. The van der Waals surface area contributed by atoms with E-state index in [0.717, 1.165) is 11.3 Å². The molecule has 0 spiro atoms. The second kappa shape index (κ2) is 6.53. The van der Waals surface area contributed by atoms with Gasteiger partial charge in [-0.25, -0.2) is 0 Å². The topological polar surface area (TPSA) is 53.3 Å². The van der Waals surface area contributed by atoms with Crippen molar-refractivity contribution in [1.29, 1.82) is 5.26 Å². The molecule has 2 rings (SSSR count). The van der Waals surface area contributed by atoms with Crippen LogP contribution in [0.4, 0.5) is 0 Å². The molecule has 0 aromatic heterocycles. The summed E-state index contributed by atoms with van der Waals surface area (Å²) in [5.41, 5.74) is 0.931. The van der Waals surface area contributed by atoms with Crippen LogP contribution in [0, 0.1) is 11.3 Å². The van der Waals surface area contributed by atoms with E-state index in [0.29, 0.717) is 25.9 Å². The van der Waals surface area contributed by atoms with Crippen molar-refractivity contribution in [2.75, 3.05) is 13.1 Å². The van der Waals surface area contributed by atoms with Gasteiger partial charge in [0.1, 0.15) is 17.6 Å². The molecule has 1 heterocycles. The number of hydrogen-bond acceptors (Lipinski definition) is 4. The summed E-state index contributed by atoms with van der Waals surface area (Å²) >= 11 is 0. The molecule has 1 saturated heterocycles. The Hall–Kier alpha value is -1.86. The minimum Gasteiger partial charge on any atom is -0.491 e. The summed E-state index contributed by atoms with van der Waals surface area (Å²) in [5.74, 6) is 1.07. The molecule has 4 nitrogen and oxygen atoms in total. The van der Waals surface area contributed by atoms with Gasteiger partial charge in [0, 0.05) is 25.9 Å². The number of carbonyl (C=O) groups excluding carboxylic acids is 1. The van der Waals surface area contributed by atoms with E-state index < -0.39 is 0 Å². The standard InChI is InChI=1S/C16H20N2O2/c1-12(2)20-15-5-3-4-13(10-15)16(11-17)18-8-6-14(19)7-9-18/h3-5,10,12,16H,6-9H2,1-2H3. The molecular formula is C16H20N2O2. The van der Waals surface area contributed by atoms with Crippen LogP contribution in [0.15, 0.2) is 24.3 Å². The van der Waals surface area contributed by atoms with Crippen LogP contribution in [0.3, 0.4) is 0 Å². The fourth-order valence-corrected chi connectivity index (χ4v) is 2.43. The van der Waals surface area contributed by atoms with Gasteiger partial charge in [-0.15, -0.1) is 0 Å². The maximum absolute atomic E-state index is 11.3. The molecule has 106 valence electrons. The number of rotatable bonds is 4. The average Bonchev–Trinajstić information content (AvgIpc) is 2.41. The summed E-state index contributed by atoms with van der Waals surface area (Å²) in [6.07, 6.45) is 1.19. The molecule has 1 aromatic carbocycles. The van der Waals surface area contributed by atoms with Crippen LogP contribution in [0.25, 0.3) is 0 Å². The van der Waals surface area contributed by atoms with Crippen LogP contribution in [-0.4, -0.2) is 29.9 Å². The van der Waals surface area contributed by atoms with Crippen molar-refractivity contribution in [1.82, 2.24) is 4.90 Å². The van der Waals surface area contributed by atoms with E-state index in [1.165, 1.54) is 0 Å². The lowest BCUT2D eigenvalue weighted by Crippen LogP contribution is -2.36. The number of carbonyl (C=O) groups is 1. The summed E-state index contributed by atoms with van der Waals surface area (Å²) in [5, 5.41) is 9.45. The first-order valence-electron chi connectivity index (χ1n) is 7.02. The second-order valence-corrected chi connectivity index (χ2v) is 5.35. The van der Waals surface area contributed by atoms with E-state index in [4.69, 9.17) is 4.74 Å². The monoisotopic (exact) mass is 272 g/mol. The smallest absolute Gasteiger partial charge is 0.135 e. The molecule has 0 aliphatic carbocycles. The molecule has 1 aliphatic rings. The number of Topliss-reactive ketones (excluding diaryl/α,β-unsaturated/α-hetero) is 1. The first-order chi connectivity index (χ1) is 9.60. The Bertz CT molecular complexity index is 509. The Morgan fingerprint density at radius 1 is 1.30 bits per heavy atom. The molecule has 0 radical (unpaired) electrons. The Morgan fingerprint density at radius 3 is 2.60 bits per heavy atom. The SMILES string of the molecule is CC(C)Oc1cccc(C(C#N)N2CCC(=O)CC2)c1. The summed E-state index contributed by atoms with van der Waals surface area (Å²) in [7, 11) is 0. The minimum atomic E-state index is -0.307. The van der Waals surface area contributed by atoms with Crippen LogP contribution < -0.4 is 4.74 Å². The van der Waals surface area contributed by atoms with Crippen molar-refractivity contribution < 1.29 is 9.53 Å². The van der Waals surface area contributed by atoms with Crippen molar-refractivity contribution in [3.05, 3.63) is 29.8 Å². The van der Waals surface area contributed by atoms with Crippen LogP contribution in [-0.2, 0) is 4.79 Å². The lowest BCUT2D eigenvalue weighted by atomic mass is 10.0. The van der Waals surface area contributed by atoms with E-state index in [1.807, 2.05) is 38.1 Å². The first kappa shape index (κ1) is 14.5. The molecule has 0 N–H and O–H groups in total. The maximum atomic E-state index is 11.3. The highest BCUT2D eigenvalue weighted by Crippen LogP contribution is 2.26. The van der Waals surface area contributed by atoms with E-state index >= 15 is 0 Å². The van der Waals surface area contributed by atoms with Gasteiger partial charge in [-0.1, -0.05) is 12.1 Å². The maximum Gasteiger partial charge on any atom is 0.135 e. The summed E-state index contributed by atoms with van der Waals surface area (Å²) < 4.78 is 5.67. The van der Waals surface area contributed by atoms with Crippen molar-refractivity contribution in [3.63, 3.8) is 0 Å². The van der Waals surface area contributed by atoms with Crippen LogP contribution in [0.5, 0.6) is 5.75 Å². The van der Waals surface area contributed by atoms with Gasteiger partial charge in [-0.05, 0) is 31.5 Å². The zero-order chi connectivity index (χ0) is 14.5. The molecule has 1 fully saturated rings. The van der Waals surface area contributed by atoms with Crippen molar-refractivity contribution >= 4 is 5.78 Å². The highest BCUT2D eigenvalue weighted by molar-refractivity contribution is 5.79. The Balaban J connectivity index is 2.15. The van der Waals surface area contributed by atoms with Gasteiger partial charge < -0.3 is 4.74 Å². The molecule has 1 aliphatic heterocycles. The Morgan fingerprint density at radius 2 is 2.00 bits per heavy atom. The second-order valence-electron chi connectivity index (χ2n) is 5.35. The third kappa shape index (κ3) is 3.58. The Kier molecular flexibility index (Phi) is 4.75.